The van der Waals surface area contributed by atoms with Crippen LogP contribution in [0.4, 0.5) is 0 Å². The van der Waals surface area contributed by atoms with Crippen LogP contribution in [0.3, 0.4) is 0 Å². The molecule has 4 heteroatoms. The van der Waals surface area contributed by atoms with Crippen molar-refractivity contribution in [2.45, 2.75) is 6.92 Å². The van der Waals surface area contributed by atoms with Gasteiger partial charge in [-0.3, -0.25) is 10.2 Å². The molecule has 21 heavy (non-hydrogen) atoms. The van der Waals surface area contributed by atoms with E-state index in [1.165, 1.54) is 0 Å². The van der Waals surface area contributed by atoms with E-state index in [1.54, 1.807) is 7.05 Å². The number of hydroxylamine groups is 2. The van der Waals surface area contributed by atoms with Crippen molar-refractivity contribution in [3.8, 4) is 0 Å². The van der Waals surface area contributed by atoms with Gasteiger partial charge in [0.15, 0.2) is 5.84 Å². The first kappa shape index (κ1) is 15.6. The van der Waals surface area contributed by atoms with E-state index in [4.69, 9.17) is 0 Å². The second-order valence-electron chi connectivity index (χ2n) is 4.98. The van der Waals surface area contributed by atoms with E-state index in [0.717, 1.165) is 38.1 Å². The van der Waals surface area contributed by atoms with E-state index in [9.17, 15) is 5.21 Å². The zero-order chi connectivity index (χ0) is 14.4. The molecule has 1 aliphatic rings. The Balaban J connectivity index is 0.00000161. The number of amidine groups is 1. The van der Waals surface area contributed by atoms with E-state index in [2.05, 4.69) is 30.3 Å². The molecule has 0 spiro atoms. The van der Waals surface area contributed by atoms with Crippen molar-refractivity contribution in [2.24, 2.45) is 4.99 Å². The quantitative estimate of drug-likeness (QED) is 0.866. The predicted octanol–water partition coefficient (Wildman–Crippen LogP) is 3.92. The monoisotopic (exact) mass is 315 g/mol. The summed E-state index contributed by atoms with van der Waals surface area (Å²) < 4.78 is 0. The Labute approximate surface area is 136 Å². The summed E-state index contributed by atoms with van der Waals surface area (Å²) in [5, 5.41) is 13.4. The number of hydrogen-bond donors (Lipinski definition) is 1. The molecule has 0 unspecified atom stereocenters. The van der Waals surface area contributed by atoms with Crippen LogP contribution in [-0.4, -0.2) is 23.2 Å². The summed E-state index contributed by atoms with van der Waals surface area (Å²) in [6.45, 7) is 10.0. The van der Waals surface area contributed by atoms with E-state index in [-0.39, 0.29) is 18.6 Å². The molecule has 0 atom stereocenters. The van der Waals surface area contributed by atoms with Gasteiger partial charge in [-0.15, -0.1) is 0 Å². The Morgan fingerprint density at radius 3 is 2.57 bits per heavy atom. The molecule has 0 saturated carbocycles. The van der Waals surface area contributed by atoms with Gasteiger partial charge in [0.05, 0.1) is 5.70 Å². The van der Waals surface area contributed by atoms with Gasteiger partial charge < -0.3 is 0 Å². The maximum atomic E-state index is 10.2. The average Bonchev–Trinajstić information content (AvgIpc) is 2.68. The number of rotatable bonds is 1. The summed E-state index contributed by atoms with van der Waals surface area (Å²) in [7, 11) is 1.67. The van der Waals surface area contributed by atoms with Gasteiger partial charge in [-0.1, -0.05) is 37.4 Å². The summed E-state index contributed by atoms with van der Waals surface area (Å²) in [5.74, 6) is 0.522. The van der Waals surface area contributed by atoms with Gasteiger partial charge in [0.25, 0.3) is 0 Å². The molecule has 0 saturated heterocycles. The van der Waals surface area contributed by atoms with Crippen molar-refractivity contribution in [2.75, 3.05) is 7.05 Å². The molecule has 0 aromatic heterocycles. The second-order valence-corrected chi connectivity index (χ2v) is 4.98. The normalized spacial score (nSPS) is 15.3. The SMILES string of the molecule is C=C(C)c1c2c(cc3ccccc13)C(=C)N(O)C2=NC.[V]. The van der Waals surface area contributed by atoms with Gasteiger partial charge in [0.2, 0.25) is 0 Å². The summed E-state index contributed by atoms with van der Waals surface area (Å²) in [6, 6.07) is 10.2. The Bertz CT molecular complexity index is 793. The second kappa shape index (κ2) is 5.53. The third kappa shape index (κ3) is 2.14. The molecule has 0 aliphatic carbocycles. The molecule has 3 nitrogen and oxygen atoms in total. The zero-order valence-corrected chi connectivity index (χ0v) is 13.5. The van der Waals surface area contributed by atoms with E-state index >= 15 is 0 Å². The number of allylic oxidation sites excluding steroid dienone is 1. The smallest absolute Gasteiger partial charge is 0.161 e. The molecule has 0 amide bonds. The van der Waals surface area contributed by atoms with Gasteiger partial charge >= 0.3 is 0 Å². The molecule has 1 N–H and O–H groups in total. The largest absolute Gasteiger partial charge is 0.282 e. The topological polar surface area (TPSA) is 35.8 Å². The van der Waals surface area contributed by atoms with Crippen LogP contribution in [0.2, 0.25) is 0 Å². The Hall–Kier alpha value is -1.81. The van der Waals surface area contributed by atoms with Crippen molar-refractivity contribution in [3.05, 3.63) is 60.2 Å². The van der Waals surface area contributed by atoms with Gasteiger partial charge in [-0.2, -0.15) is 0 Å². The Morgan fingerprint density at radius 2 is 1.95 bits per heavy atom. The van der Waals surface area contributed by atoms with Crippen LogP contribution in [-0.2, 0) is 18.6 Å². The van der Waals surface area contributed by atoms with Crippen LogP contribution >= 0.6 is 0 Å². The number of nitrogens with zero attached hydrogens (tertiary/aromatic N) is 2. The fourth-order valence-corrected chi connectivity index (χ4v) is 2.81. The van der Waals surface area contributed by atoms with E-state index in [0.29, 0.717) is 11.5 Å². The molecule has 0 fully saturated rings. The van der Waals surface area contributed by atoms with E-state index < -0.39 is 0 Å². The first-order chi connectivity index (χ1) is 9.56. The molecule has 1 aliphatic heterocycles. The third-order valence-electron chi connectivity index (χ3n) is 3.68. The number of aliphatic imine (C=N–C) groups is 1. The van der Waals surface area contributed by atoms with Gasteiger partial charge in [-0.25, -0.2) is 5.06 Å². The molecule has 2 aromatic rings. The molecule has 2 aromatic carbocycles. The van der Waals surface area contributed by atoms with Gasteiger partial charge in [0, 0.05) is 36.7 Å². The molecule has 0 bridgehead atoms. The first-order valence-electron chi connectivity index (χ1n) is 6.43. The van der Waals surface area contributed by atoms with Crippen molar-refractivity contribution in [1.82, 2.24) is 5.06 Å². The number of benzene rings is 2. The van der Waals surface area contributed by atoms with Crippen LogP contribution in [0.5, 0.6) is 0 Å². The first-order valence-corrected chi connectivity index (χ1v) is 6.43. The minimum Gasteiger partial charge on any atom is -0.282 e. The third-order valence-corrected chi connectivity index (χ3v) is 3.68. The van der Waals surface area contributed by atoms with E-state index in [1.807, 2.05) is 25.1 Å². The van der Waals surface area contributed by atoms with Crippen molar-refractivity contribution >= 4 is 27.9 Å². The van der Waals surface area contributed by atoms with Gasteiger partial charge in [0.1, 0.15) is 0 Å². The van der Waals surface area contributed by atoms with Crippen LogP contribution in [0.25, 0.3) is 22.0 Å². The maximum absolute atomic E-state index is 10.2. The molecule has 1 radical (unpaired) electrons. The molecular formula is C17H16N2OV. The summed E-state index contributed by atoms with van der Waals surface area (Å²) in [5.41, 5.74) is 4.34. The van der Waals surface area contributed by atoms with Crippen LogP contribution in [0, 0.1) is 0 Å². The summed E-state index contributed by atoms with van der Waals surface area (Å²) >= 11 is 0. The maximum Gasteiger partial charge on any atom is 0.161 e. The van der Waals surface area contributed by atoms with Crippen LogP contribution in [0.1, 0.15) is 23.6 Å². The fraction of sp³-hybridized carbons (Fsp3) is 0.118. The van der Waals surface area contributed by atoms with Crippen molar-refractivity contribution in [3.63, 3.8) is 0 Å². The summed E-state index contributed by atoms with van der Waals surface area (Å²) in [4.78, 5) is 4.20. The number of hydrogen-bond acceptors (Lipinski definition) is 2. The molecule has 1 heterocycles. The predicted molar refractivity (Wildman–Crippen MR) is 83.8 cm³/mol. The Morgan fingerprint density at radius 1 is 1.29 bits per heavy atom. The zero-order valence-electron chi connectivity index (χ0n) is 12.1. The Kier molecular flexibility index (Phi) is 4.10. The van der Waals surface area contributed by atoms with Crippen molar-refractivity contribution in [1.29, 1.82) is 0 Å². The molecule has 105 valence electrons. The molecule has 3 rings (SSSR count). The minimum atomic E-state index is 0. The fourth-order valence-electron chi connectivity index (χ4n) is 2.81. The standard InChI is InChI=1S/C17H16N2O.V/c1-10(2)15-13-8-6-5-7-12(13)9-14-11(3)19(20)17(18-4)16(14)15;/h5-9,20H,1,3H2,2,4H3;. The summed E-state index contributed by atoms with van der Waals surface area (Å²) in [6.07, 6.45) is 0. The molecular weight excluding hydrogens is 299 g/mol. The van der Waals surface area contributed by atoms with Crippen LogP contribution in [0.15, 0.2) is 48.5 Å². The average molecular weight is 315 g/mol. The van der Waals surface area contributed by atoms with Crippen molar-refractivity contribution < 1.29 is 23.8 Å². The van der Waals surface area contributed by atoms with Crippen LogP contribution < -0.4 is 0 Å². The number of fused-ring (bicyclic) bond motifs is 2. The minimum absolute atomic E-state index is 0. The van der Waals surface area contributed by atoms with Gasteiger partial charge in [-0.05, 0) is 34.9 Å².